The van der Waals surface area contributed by atoms with Gasteiger partial charge >= 0.3 is 0 Å². The van der Waals surface area contributed by atoms with Crippen molar-refractivity contribution < 1.29 is 9.18 Å². The maximum absolute atomic E-state index is 13.0. The first-order chi connectivity index (χ1) is 14.1. The highest BCUT2D eigenvalue weighted by Crippen LogP contribution is 2.20. The van der Waals surface area contributed by atoms with Crippen LogP contribution in [0.25, 0.3) is 5.69 Å². The lowest BCUT2D eigenvalue weighted by molar-refractivity contribution is 0.0948. The van der Waals surface area contributed by atoms with Gasteiger partial charge in [-0.1, -0.05) is 5.21 Å². The molecule has 4 rings (SSSR count). The molecule has 1 amide bonds. The third-order valence-corrected chi connectivity index (χ3v) is 5.20. The lowest BCUT2D eigenvalue weighted by Crippen LogP contribution is -2.30. The fraction of sp³-hybridized carbons (Fsp3) is 0.400. The van der Waals surface area contributed by atoms with E-state index in [9.17, 15) is 9.18 Å². The molecule has 0 aliphatic carbocycles. The maximum atomic E-state index is 13.0. The van der Waals surface area contributed by atoms with Gasteiger partial charge in [0.1, 0.15) is 5.82 Å². The van der Waals surface area contributed by atoms with Gasteiger partial charge in [0.2, 0.25) is 0 Å². The first-order valence-electron chi connectivity index (χ1n) is 9.83. The van der Waals surface area contributed by atoms with Crippen molar-refractivity contribution in [2.45, 2.75) is 32.2 Å². The van der Waals surface area contributed by atoms with Gasteiger partial charge in [-0.3, -0.25) is 4.79 Å². The number of carbonyl (C=O) groups is 1. The summed E-state index contributed by atoms with van der Waals surface area (Å²) in [6.07, 6.45) is 4.38. The van der Waals surface area contributed by atoms with E-state index in [0.29, 0.717) is 24.7 Å². The zero-order chi connectivity index (χ0) is 20.2. The molecule has 1 aliphatic rings. The molecule has 1 aliphatic heterocycles. The van der Waals surface area contributed by atoms with E-state index >= 15 is 0 Å². The van der Waals surface area contributed by atoms with Crippen LogP contribution in [0.1, 0.15) is 40.8 Å². The molecule has 9 heteroatoms. The van der Waals surface area contributed by atoms with Crippen molar-refractivity contribution in [1.82, 2.24) is 35.4 Å². The number of aromatic nitrogens is 5. The Kier molecular flexibility index (Phi) is 5.66. The van der Waals surface area contributed by atoms with Crippen molar-refractivity contribution in [3.63, 3.8) is 0 Å². The molecule has 2 aromatic heterocycles. The fourth-order valence-electron chi connectivity index (χ4n) is 3.57. The molecule has 0 spiro atoms. The fourth-order valence-corrected chi connectivity index (χ4v) is 3.57. The van der Waals surface area contributed by atoms with Gasteiger partial charge in [-0.15, -0.1) is 5.10 Å². The van der Waals surface area contributed by atoms with Gasteiger partial charge in [0, 0.05) is 19.2 Å². The lowest BCUT2D eigenvalue weighted by Gasteiger charge is -2.23. The Balaban J connectivity index is 1.32. The third kappa shape index (κ3) is 4.34. The highest BCUT2D eigenvalue weighted by molar-refractivity contribution is 5.93. The molecule has 0 radical (unpaired) electrons. The summed E-state index contributed by atoms with van der Waals surface area (Å²) >= 11 is 0. The number of nitrogens with zero attached hydrogens (tertiary/aromatic N) is 5. The van der Waals surface area contributed by atoms with Crippen LogP contribution in [0.3, 0.4) is 0 Å². The van der Waals surface area contributed by atoms with E-state index in [2.05, 4.69) is 26.0 Å². The molecule has 1 saturated heterocycles. The van der Waals surface area contributed by atoms with Gasteiger partial charge < -0.3 is 10.6 Å². The van der Waals surface area contributed by atoms with Crippen LogP contribution < -0.4 is 10.6 Å². The van der Waals surface area contributed by atoms with Crippen LogP contribution in [0.2, 0.25) is 0 Å². The third-order valence-electron chi connectivity index (χ3n) is 5.20. The number of nitrogens with one attached hydrogen (secondary N) is 2. The largest absolute Gasteiger partial charge is 0.350 e. The molecule has 1 fully saturated rings. The Labute approximate surface area is 168 Å². The van der Waals surface area contributed by atoms with Crippen LogP contribution in [-0.4, -0.2) is 50.3 Å². The summed E-state index contributed by atoms with van der Waals surface area (Å²) in [6.45, 7) is 4.24. The summed E-state index contributed by atoms with van der Waals surface area (Å²) in [5.74, 6) is -0.503. The molecule has 0 saturated carbocycles. The second-order valence-corrected chi connectivity index (χ2v) is 7.18. The Morgan fingerprint density at radius 2 is 2.00 bits per heavy atom. The Bertz CT molecular complexity index is 973. The summed E-state index contributed by atoms with van der Waals surface area (Å²) < 4.78 is 16.6. The summed E-state index contributed by atoms with van der Waals surface area (Å²) in [6, 6.07) is 8.31. The molecule has 152 valence electrons. The lowest BCUT2D eigenvalue weighted by atomic mass is 10.1. The molecule has 3 aromatic rings. The number of piperidine rings is 1. The summed E-state index contributed by atoms with van der Waals surface area (Å²) in [5.41, 5.74) is 2.80. The second kappa shape index (κ2) is 8.52. The van der Waals surface area contributed by atoms with E-state index in [1.165, 1.54) is 12.1 Å². The normalized spacial score (nSPS) is 14.8. The number of carbonyl (C=O) groups excluding carboxylic acids is 1. The van der Waals surface area contributed by atoms with Gasteiger partial charge in [-0.25, -0.2) is 13.8 Å². The predicted octanol–water partition coefficient (Wildman–Crippen LogP) is 1.81. The topological polar surface area (TPSA) is 89.7 Å². The van der Waals surface area contributed by atoms with E-state index in [0.717, 1.165) is 43.0 Å². The zero-order valence-corrected chi connectivity index (χ0v) is 16.3. The second-order valence-electron chi connectivity index (χ2n) is 7.18. The number of amides is 1. The molecular weight excluding hydrogens is 373 g/mol. The van der Waals surface area contributed by atoms with E-state index in [-0.39, 0.29) is 11.7 Å². The van der Waals surface area contributed by atoms with Crippen LogP contribution >= 0.6 is 0 Å². The van der Waals surface area contributed by atoms with Crippen molar-refractivity contribution in [3.05, 3.63) is 59.4 Å². The van der Waals surface area contributed by atoms with Crippen LogP contribution in [-0.2, 0) is 6.42 Å². The van der Waals surface area contributed by atoms with E-state index in [1.807, 2.05) is 23.9 Å². The van der Waals surface area contributed by atoms with Gasteiger partial charge in [0.25, 0.3) is 5.91 Å². The highest BCUT2D eigenvalue weighted by atomic mass is 19.1. The Morgan fingerprint density at radius 3 is 2.76 bits per heavy atom. The summed E-state index contributed by atoms with van der Waals surface area (Å²) in [5, 5.41) is 19.0. The van der Waals surface area contributed by atoms with E-state index < -0.39 is 0 Å². The first kappa shape index (κ1) is 19.3. The summed E-state index contributed by atoms with van der Waals surface area (Å²) in [4.78, 5) is 12.5. The number of benzene rings is 1. The number of hydrogen-bond donors (Lipinski definition) is 2. The molecule has 0 atom stereocenters. The summed E-state index contributed by atoms with van der Waals surface area (Å²) in [7, 11) is 0. The van der Waals surface area contributed by atoms with Crippen molar-refractivity contribution in [2.75, 3.05) is 19.6 Å². The quantitative estimate of drug-likeness (QED) is 0.662. The number of rotatable bonds is 6. The minimum Gasteiger partial charge on any atom is -0.350 e. The average molecular weight is 397 g/mol. The predicted molar refractivity (Wildman–Crippen MR) is 105 cm³/mol. The van der Waals surface area contributed by atoms with Gasteiger partial charge in [-0.2, -0.15) is 5.10 Å². The SMILES string of the molecule is Cc1c(C(=O)NCCc2ccn(-c3ccc(F)cc3)n2)nnn1C1CCNCC1. The average Bonchev–Trinajstić information content (AvgIpc) is 3.36. The highest BCUT2D eigenvalue weighted by Gasteiger charge is 2.22. The Morgan fingerprint density at radius 1 is 1.24 bits per heavy atom. The van der Waals surface area contributed by atoms with E-state index in [4.69, 9.17) is 0 Å². The minimum absolute atomic E-state index is 0.222. The van der Waals surface area contributed by atoms with Gasteiger partial charge in [0.05, 0.1) is 23.1 Å². The van der Waals surface area contributed by atoms with Gasteiger partial charge in [0.15, 0.2) is 5.69 Å². The smallest absolute Gasteiger partial charge is 0.273 e. The monoisotopic (exact) mass is 397 g/mol. The zero-order valence-electron chi connectivity index (χ0n) is 16.3. The van der Waals surface area contributed by atoms with Crippen LogP contribution in [0.4, 0.5) is 4.39 Å². The molecule has 8 nitrogen and oxygen atoms in total. The molecule has 0 unspecified atom stereocenters. The van der Waals surface area contributed by atoms with Crippen molar-refractivity contribution in [3.8, 4) is 5.69 Å². The minimum atomic E-state index is -0.281. The number of hydrogen-bond acceptors (Lipinski definition) is 5. The number of halogens is 1. The van der Waals surface area contributed by atoms with Crippen molar-refractivity contribution >= 4 is 5.91 Å². The van der Waals surface area contributed by atoms with E-state index in [1.54, 1.807) is 16.8 Å². The molecule has 3 heterocycles. The molecule has 2 N–H and O–H groups in total. The molecule has 0 bridgehead atoms. The molecule has 1 aromatic carbocycles. The first-order valence-corrected chi connectivity index (χ1v) is 9.83. The van der Waals surface area contributed by atoms with Crippen LogP contribution in [0.15, 0.2) is 36.5 Å². The van der Waals surface area contributed by atoms with Crippen molar-refractivity contribution in [2.24, 2.45) is 0 Å². The standard InChI is InChI=1S/C20H24FN7O/c1-14-19(24-26-28(14)18-7-10-22-11-8-18)20(29)23-12-6-16-9-13-27(25-16)17-4-2-15(21)3-5-17/h2-5,9,13,18,22H,6-8,10-12H2,1H3,(H,23,29). The molecular formula is C20H24FN7O. The maximum Gasteiger partial charge on any atom is 0.273 e. The molecule has 29 heavy (non-hydrogen) atoms. The Hall–Kier alpha value is -3.07. The van der Waals surface area contributed by atoms with Crippen LogP contribution in [0, 0.1) is 12.7 Å². The van der Waals surface area contributed by atoms with Crippen LogP contribution in [0.5, 0.6) is 0 Å². The van der Waals surface area contributed by atoms with Gasteiger partial charge in [-0.05, 0) is 63.2 Å². The van der Waals surface area contributed by atoms with Crippen molar-refractivity contribution in [1.29, 1.82) is 0 Å².